The maximum atomic E-state index is 13.5. The smallest absolute Gasteiger partial charge is 0.243 e. The van der Waals surface area contributed by atoms with Gasteiger partial charge in [-0.05, 0) is 66.5 Å². The van der Waals surface area contributed by atoms with E-state index in [2.05, 4.69) is 21.2 Å². The van der Waals surface area contributed by atoms with E-state index in [9.17, 15) is 12.8 Å². The van der Waals surface area contributed by atoms with Crippen molar-refractivity contribution in [1.82, 2.24) is 9.62 Å². The minimum atomic E-state index is -3.61. The maximum Gasteiger partial charge on any atom is 0.243 e. The molecule has 2 rings (SSSR count). The molecule has 0 spiro atoms. The van der Waals surface area contributed by atoms with Gasteiger partial charge >= 0.3 is 0 Å². The quantitative estimate of drug-likeness (QED) is 0.890. The predicted molar refractivity (Wildman–Crippen MR) is 79.5 cm³/mol. The summed E-state index contributed by atoms with van der Waals surface area (Å²) in [5, 5.41) is 3.08. The zero-order valence-electron chi connectivity index (χ0n) is 11.3. The number of nitrogens with one attached hydrogen (secondary N) is 1. The molecule has 0 amide bonds. The van der Waals surface area contributed by atoms with Crippen LogP contribution in [0.25, 0.3) is 0 Å². The summed E-state index contributed by atoms with van der Waals surface area (Å²) in [6.07, 6.45) is 1.85. The zero-order valence-corrected chi connectivity index (χ0v) is 13.7. The summed E-state index contributed by atoms with van der Waals surface area (Å²) in [5.41, 5.74) is 0. The molecule has 1 atom stereocenters. The molecule has 1 aliphatic rings. The van der Waals surface area contributed by atoms with Crippen molar-refractivity contribution >= 4 is 26.0 Å². The second-order valence-corrected chi connectivity index (χ2v) is 7.80. The third-order valence-corrected chi connectivity index (χ3v) is 6.01. The van der Waals surface area contributed by atoms with E-state index in [4.69, 9.17) is 0 Å². The van der Waals surface area contributed by atoms with Gasteiger partial charge in [0.25, 0.3) is 0 Å². The summed E-state index contributed by atoms with van der Waals surface area (Å²) in [5.74, 6) is -0.251. The molecule has 1 aliphatic heterocycles. The highest BCUT2D eigenvalue weighted by Gasteiger charge is 2.30. The van der Waals surface area contributed by atoms with E-state index in [1.807, 2.05) is 7.05 Å². The van der Waals surface area contributed by atoms with E-state index >= 15 is 0 Å². The Morgan fingerprint density at radius 3 is 2.90 bits per heavy atom. The fourth-order valence-corrected chi connectivity index (χ4v) is 4.30. The first-order chi connectivity index (χ1) is 9.45. The second kappa shape index (κ2) is 6.51. The Morgan fingerprint density at radius 2 is 2.25 bits per heavy atom. The molecule has 7 heteroatoms. The standard InChI is InChI=1S/C13H18BrFN2O2S/c1-16-8-10-3-2-6-17(9-10)20(18,19)11-4-5-12(14)13(15)7-11/h4-5,7,10,16H,2-3,6,8-9H2,1H3/t10-/m1/s1. The van der Waals surface area contributed by atoms with Gasteiger partial charge in [-0.3, -0.25) is 0 Å². The Kier molecular flexibility index (Phi) is 5.17. The fourth-order valence-electron chi connectivity index (χ4n) is 2.49. The third kappa shape index (κ3) is 3.39. The number of rotatable bonds is 4. The van der Waals surface area contributed by atoms with Crippen molar-refractivity contribution < 1.29 is 12.8 Å². The first kappa shape index (κ1) is 15.9. The molecule has 1 N–H and O–H groups in total. The van der Waals surface area contributed by atoms with Crippen molar-refractivity contribution in [2.24, 2.45) is 5.92 Å². The molecule has 1 aromatic rings. The van der Waals surface area contributed by atoms with Crippen molar-refractivity contribution in [2.75, 3.05) is 26.7 Å². The molecule has 0 aliphatic carbocycles. The predicted octanol–water partition coefficient (Wildman–Crippen LogP) is 2.21. The summed E-state index contributed by atoms with van der Waals surface area (Å²) in [7, 11) is -1.75. The Labute approximate surface area is 127 Å². The van der Waals surface area contributed by atoms with Gasteiger partial charge in [0.1, 0.15) is 5.82 Å². The molecule has 0 radical (unpaired) electrons. The van der Waals surface area contributed by atoms with Crippen LogP contribution in [-0.2, 0) is 10.0 Å². The van der Waals surface area contributed by atoms with Gasteiger partial charge in [-0.15, -0.1) is 0 Å². The van der Waals surface area contributed by atoms with Crippen LogP contribution in [0.1, 0.15) is 12.8 Å². The van der Waals surface area contributed by atoms with Crippen molar-refractivity contribution in [2.45, 2.75) is 17.7 Å². The van der Waals surface area contributed by atoms with Crippen LogP contribution in [0, 0.1) is 11.7 Å². The van der Waals surface area contributed by atoms with Crippen LogP contribution >= 0.6 is 15.9 Å². The van der Waals surface area contributed by atoms with Crippen LogP contribution in [0.5, 0.6) is 0 Å². The highest BCUT2D eigenvalue weighted by atomic mass is 79.9. The number of nitrogens with zero attached hydrogens (tertiary/aromatic N) is 1. The summed E-state index contributed by atoms with van der Waals surface area (Å²) >= 11 is 3.03. The van der Waals surface area contributed by atoms with Gasteiger partial charge < -0.3 is 5.32 Å². The highest BCUT2D eigenvalue weighted by Crippen LogP contribution is 2.25. The van der Waals surface area contributed by atoms with Crippen molar-refractivity contribution in [3.8, 4) is 0 Å². The van der Waals surface area contributed by atoms with Gasteiger partial charge in [-0.25, -0.2) is 12.8 Å². The molecule has 4 nitrogen and oxygen atoms in total. The molecule has 1 aromatic carbocycles. The van der Waals surface area contributed by atoms with Crippen LogP contribution in [-0.4, -0.2) is 39.4 Å². The molecule has 1 heterocycles. The summed E-state index contributed by atoms with van der Waals surface area (Å²) in [4.78, 5) is 0.0170. The van der Waals surface area contributed by atoms with Gasteiger partial charge in [0.2, 0.25) is 10.0 Å². The number of piperidine rings is 1. The van der Waals surface area contributed by atoms with Crippen LogP contribution in [0.15, 0.2) is 27.6 Å². The van der Waals surface area contributed by atoms with Gasteiger partial charge in [0.15, 0.2) is 0 Å². The third-order valence-electron chi connectivity index (χ3n) is 3.50. The molecule has 0 saturated carbocycles. The Morgan fingerprint density at radius 1 is 1.50 bits per heavy atom. The highest BCUT2D eigenvalue weighted by molar-refractivity contribution is 9.10. The number of hydrogen-bond acceptors (Lipinski definition) is 3. The molecular weight excluding hydrogens is 347 g/mol. The molecule has 112 valence electrons. The van der Waals surface area contributed by atoms with Crippen LogP contribution in [0.3, 0.4) is 0 Å². The number of halogens is 2. The monoisotopic (exact) mass is 364 g/mol. The first-order valence-corrected chi connectivity index (χ1v) is 8.78. The number of sulfonamides is 1. The minimum absolute atomic E-state index is 0.0170. The largest absolute Gasteiger partial charge is 0.319 e. The molecule has 0 unspecified atom stereocenters. The van der Waals surface area contributed by atoms with Gasteiger partial charge in [0.05, 0.1) is 9.37 Å². The van der Waals surface area contributed by atoms with Crippen LogP contribution in [0.4, 0.5) is 4.39 Å². The summed E-state index contributed by atoms with van der Waals surface area (Å²) in [6, 6.07) is 3.93. The average molecular weight is 365 g/mol. The van der Waals surface area contributed by atoms with Gasteiger partial charge in [-0.1, -0.05) is 0 Å². The SMILES string of the molecule is CNC[C@H]1CCCN(S(=O)(=O)c2ccc(Br)c(F)c2)C1. The van der Waals surface area contributed by atoms with E-state index in [0.717, 1.165) is 25.5 Å². The normalized spacial score (nSPS) is 21.1. The molecular formula is C13H18BrFN2O2S. The summed E-state index contributed by atoms with van der Waals surface area (Å²) < 4.78 is 40.3. The molecule has 1 saturated heterocycles. The lowest BCUT2D eigenvalue weighted by atomic mass is 10.00. The van der Waals surface area contributed by atoms with E-state index in [0.29, 0.717) is 19.0 Å². The minimum Gasteiger partial charge on any atom is -0.319 e. The van der Waals surface area contributed by atoms with E-state index in [-0.39, 0.29) is 9.37 Å². The number of hydrogen-bond donors (Lipinski definition) is 1. The lowest BCUT2D eigenvalue weighted by molar-refractivity contribution is 0.263. The zero-order chi connectivity index (χ0) is 14.8. The van der Waals surface area contributed by atoms with E-state index in [1.54, 1.807) is 0 Å². The number of benzene rings is 1. The molecule has 0 bridgehead atoms. The Bertz CT molecular complexity index is 578. The van der Waals surface area contributed by atoms with Gasteiger partial charge in [-0.2, -0.15) is 4.31 Å². The second-order valence-electron chi connectivity index (χ2n) is 5.00. The Balaban J connectivity index is 2.23. The topological polar surface area (TPSA) is 49.4 Å². The Hall–Kier alpha value is -0.500. The van der Waals surface area contributed by atoms with E-state index in [1.165, 1.54) is 16.4 Å². The average Bonchev–Trinajstić information content (AvgIpc) is 2.42. The fraction of sp³-hybridized carbons (Fsp3) is 0.538. The summed E-state index contributed by atoms with van der Waals surface area (Å²) in [6.45, 7) is 1.78. The lowest BCUT2D eigenvalue weighted by Gasteiger charge is -2.31. The molecule has 1 fully saturated rings. The van der Waals surface area contributed by atoms with Crippen molar-refractivity contribution in [1.29, 1.82) is 0 Å². The van der Waals surface area contributed by atoms with Crippen LogP contribution < -0.4 is 5.32 Å². The first-order valence-electron chi connectivity index (χ1n) is 6.55. The maximum absolute atomic E-state index is 13.5. The lowest BCUT2D eigenvalue weighted by Crippen LogP contribution is -2.42. The van der Waals surface area contributed by atoms with E-state index < -0.39 is 15.8 Å². The molecule has 20 heavy (non-hydrogen) atoms. The van der Waals surface area contributed by atoms with Gasteiger partial charge in [0, 0.05) is 13.1 Å². The van der Waals surface area contributed by atoms with Crippen LogP contribution in [0.2, 0.25) is 0 Å². The van der Waals surface area contributed by atoms with Crippen molar-refractivity contribution in [3.63, 3.8) is 0 Å². The molecule has 0 aromatic heterocycles. The van der Waals surface area contributed by atoms with Crippen molar-refractivity contribution in [3.05, 3.63) is 28.5 Å².